The molecule has 1 saturated heterocycles. The molecule has 1 aliphatic heterocycles. The normalized spacial score (nSPS) is 15.1. The highest BCUT2D eigenvalue weighted by Gasteiger charge is 2.30. The molecule has 3 rings (SSSR count). The van der Waals surface area contributed by atoms with Crippen molar-refractivity contribution in [3.05, 3.63) is 40.4 Å². The lowest BCUT2D eigenvalue weighted by molar-refractivity contribution is 0.364. The fourth-order valence-corrected chi connectivity index (χ4v) is 2.06. The molecule has 0 N–H and O–H groups in total. The topological polar surface area (TPSA) is 79.7 Å². The SMILES string of the molecule is Cn1nc(N2CC(n3cc(C#N)cn3)C2)ccc1=O. The Labute approximate surface area is 109 Å². The lowest BCUT2D eigenvalue weighted by Crippen LogP contribution is -2.48. The van der Waals surface area contributed by atoms with Gasteiger partial charge in [-0.05, 0) is 6.07 Å². The van der Waals surface area contributed by atoms with Gasteiger partial charge >= 0.3 is 0 Å². The Balaban J connectivity index is 1.71. The van der Waals surface area contributed by atoms with Gasteiger partial charge in [-0.25, -0.2) is 4.68 Å². The molecule has 2 aromatic rings. The molecule has 0 amide bonds. The van der Waals surface area contributed by atoms with E-state index in [0.29, 0.717) is 5.56 Å². The molecule has 1 aliphatic rings. The number of hydrogen-bond acceptors (Lipinski definition) is 5. The molecule has 7 heteroatoms. The quantitative estimate of drug-likeness (QED) is 0.750. The van der Waals surface area contributed by atoms with Crippen molar-refractivity contribution in [1.29, 1.82) is 5.26 Å². The first kappa shape index (κ1) is 11.5. The van der Waals surface area contributed by atoms with Gasteiger partial charge in [-0.15, -0.1) is 0 Å². The van der Waals surface area contributed by atoms with Crippen LogP contribution in [0.4, 0.5) is 5.82 Å². The van der Waals surface area contributed by atoms with Crippen LogP contribution >= 0.6 is 0 Å². The van der Waals surface area contributed by atoms with Gasteiger partial charge in [-0.1, -0.05) is 0 Å². The molecule has 96 valence electrons. The van der Waals surface area contributed by atoms with Crippen LogP contribution < -0.4 is 10.5 Å². The summed E-state index contributed by atoms with van der Waals surface area (Å²) in [6.45, 7) is 1.55. The molecular weight excluding hydrogens is 244 g/mol. The number of nitrogens with zero attached hydrogens (tertiary/aromatic N) is 6. The average Bonchev–Trinajstić information content (AvgIpc) is 2.80. The lowest BCUT2D eigenvalue weighted by Gasteiger charge is -2.39. The average molecular weight is 256 g/mol. The third-order valence-corrected chi connectivity index (χ3v) is 3.24. The van der Waals surface area contributed by atoms with E-state index >= 15 is 0 Å². The number of aryl methyl sites for hydroxylation is 1. The summed E-state index contributed by atoms with van der Waals surface area (Å²) in [6, 6.07) is 5.55. The van der Waals surface area contributed by atoms with Crippen molar-refractivity contribution in [3.8, 4) is 6.07 Å². The molecule has 2 aromatic heterocycles. The monoisotopic (exact) mass is 256 g/mol. The second kappa shape index (κ2) is 4.24. The summed E-state index contributed by atoms with van der Waals surface area (Å²) in [5.41, 5.74) is 0.449. The molecule has 0 atom stereocenters. The standard InChI is InChI=1S/C12H12N6O/c1-16-12(19)3-2-11(15-16)17-7-10(8-17)18-6-9(4-13)5-14-18/h2-3,5-6,10H,7-8H2,1H3. The second-order valence-corrected chi connectivity index (χ2v) is 4.53. The van der Waals surface area contributed by atoms with Gasteiger partial charge < -0.3 is 4.90 Å². The van der Waals surface area contributed by atoms with Crippen LogP contribution in [-0.4, -0.2) is 32.7 Å². The third-order valence-electron chi connectivity index (χ3n) is 3.24. The van der Waals surface area contributed by atoms with Crippen LogP contribution in [-0.2, 0) is 7.05 Å². The fraction of sp³-hybridized carbons (Fsp3) is 0.333. The first-order valence-corrected chi connectivity index (χ1v) is 5.91. The number of hydrogen-bond donors (Lipinski definition) is 0. The van der Waals surface area contributed by atoms with Crippen LogP contribution in [0.15, 0.2) is 29.3 Å². The molecule has 19 heavy (non-hydrogen) atoms. The maximum atomic E-state index is 11.3. The van der Waals surface area contributed by atoms with E-state index in [4.69, 9.17) is 5.26 Å². The van der Waals surface area contributed by atoms with Gasteiger partial charge in [0.2, 0.25) is 0 Å². The van der Waals surface area contributed by atoms with E-state index in [9.17, 15) is 4.79 Å². The number of nitriles is 1. The van der Waals surface area contributed by atoms with Crippen LogP contribution in [0.25, 0.3) is 0 Å². The zero-order chi connectivity index (χ0) is 13.4. The zero-order valence-electron chi connectivity index (χ0n) is 10.4. The van der Waals surface area contributed by atoms with Gasteiger partial charge in [-0.2, -0.15) is 15.5 Å². The summed E-state index contributed by atoms with van der Waals surface area (Å²) in [5.74, 6) is 0.783. The molecule has 0 aliphatic carbocycles. The molecule has 1 fully saturated rings. The Morgan fingerprint density at radius 3 is 2.84 bits per heavy atom. The van der Waals surface area contributed by atoms with Gasteiger partial charge in [0, 0.05) is 32.4 Å². The van der Waals surface area contributed by atoms with Gasteiger partial charge in [0.05, 0.1) is 17.8 Å². The Morgan fingerprint density at radius 1 is 1.42 bits per heavy atom. The van der Waals surface area contributed by atoms with Crippen molar-refractivity contribution in [2.75, 3.05) is 18.0 Å². The van der Waals surface area contributed by atoms with E-state index < -0.39 is 0 Å². The zero-order valence-corrected chi connectivity index (χ0v) is 10.4. The van der Waals surface area contributed by atoms with Crippen molar-refractivity contribution >= 4 is 5.82 Å². The number of anilines is 1. The molecular formula is C12H12N6O. The highest BCUT2D eigenvalue weighted by atomic mass is 16.1. The van der Waals surface area contributed by atoms with Crippen molar-refractivity contribution in [1.82, 2.24) is 19.6 Å². The van der Waals surface area contributed by atoms with Crippen LogP contribution in [0.1, 0.15) is 11.6 Å². The largest absolute Gasteiger partial charge is 0.351 e. The summed E-state index contributed by atoms with van der Waals surface area (Å²) >= 11 is 0. The summed E-state index contributed by atoms with van der Waals surface area (Å²) < 4.78 is 3.13. The molecule has 0 spiro atoms. The van der Waals surface area contributed by atoms with E-state index in [1.807, 2.05) is 0 Å². The minimum atomic E-state index is -0.119. The molecule has 7 nitrogen and oxygen atoms in total. The van der Waals surface area contributed by atoms with Crippen molar-refractivity contribution < 1.29 is 0 Å². The Bertz CT molecular complexity index is 703. The second-order valence-electron chi connectivity index (χ2n) is 4.53. The molecule has 0 radical (unpaired) electrons. The Hall–Kier alpha value is -2.62. The Kier molecular flexibility index (Phi) is 2.56. The van der Waals surface area contributed by atoms with E-state index in [1.165, 1.54) is 10.7 Å². The van der Waals surface area contributed by atoms with Crippen molar-refractivity contribution in [2.24, 2.45) is 7.05 Å². The smallest absolute Gasteiger partial charge is 0.266 e. The van der Waals surface area contributed by atoms with Gasteiger partial charge in [0.25, 0.3) is 5.56 Å². The van der Waals surface area contributed by atoms with E-state index in [-0.39, 0.29) is 11.6 Å². The fourth-order valence-electron chi connectivity index (χ4n) is 2.06. The summed E-state index contributed by atoms with van der Waals surface area (Å²) in [7, 11) is 1.63. The highest BCUT2D eigenvalue weighted by molar-refractivity contribution is 5.40. The Morgan fingerprint density at radius 2 is 2.21 bits per heavy atom. The van der Waals surface area contributed by atoms with Crippen LogP contribution in [0.2, 0.25) is 0 Å². The predicted molar refractivity (Wildman–Crippen MR) is 67.7 cm³/mol. The number of aromatic nitrogens is 4. The summed E-state index contributed by atoms with van der Waals surface area (Å²) in [4.78, 5) is 13.3. The molecule has 0 saturated carbocycles. The minimum absolute atomic E-state index is 0.119. The van der Waals surface area contributed by atoms with E-state index in [1.54, 1.807) is 30.2 Å². The maximum Gasteiger partial charge on any atom is 0.266 e. The van der Waals surface area contributed by atoms with E-state index in [2.05, 4.69) is 21.2 Å². The van der Waals surface area contributed by atoms with Gasteiger partial charge in [0.1, 0.15) is 11.9 Å². The number of rotatable bonds is 2. The van der Waals surface area contributed by atoms with Gasteiger partial charge in [0.15, 0.2) is 0 Å². The van der Waals surface area contributed by atoms with Crippen molar-refractivity contribution in [3.63, 3.8) is 0 Å². The van der Waals surface area contributed by atoms with Crippen molar-refractivity contribution in [2.45, 2.75) is 6.04 Å². The summed E-state index contributed by atoms with van der Waals surface area (Å²) in [5, 5.41) is 17.1. The molecule has 3 heterocycles. The first-order valence-electron chi connectivity index (χ1n) is 5.91. The summed E-state index contributed by atoms with van der Waals surface area (Å²) in [6.07, 6.45) is 3.31. The highest BCUT2D eigenvalue weighted by Crippen LogP contribution is 2.25. The van der Waals surface area contributed by atoms with Crippen LogP contribution in [0, 0.1) is 11.3 Å². The third kappa shape index (κ3) is 1.97. The van der Waals surface area contributed by atoms with Gasteiger partial charge in [-0.3, -0.25) is 9.48 Å². The van der Waals surface area contributed by atoms with E-state index in [0.717, 1.165) is 18.9 Å². The molecule has 0 aromatic carbocycles. The van der Waals surface area contributed by atoms with Crippen LogP contribution in [0.5, 0.6) is 0 Å². The lowest BCUT2D eigenvalue weighted by atomic mass is 10.1. The minimum Gasteiger partial charge on any atom is -0.351 e. The predicted octanol–water partition coefficient (Wildman–Crippen LogP) is -0.0902. The molecule has 0 bridgehead atoms. The molecule has 0 unspecified atom stereocenters. The van der Waals surface area contributed by atoms with Crippen LogP contribution in [0.3, 0.4) is 0 Å². The maximum absolute atomic E-state index is 11.3. The first-order chi connectivity index (χ1) is 9.17.